The molecule has 2 amide bonds. The van der Waals surface area contributed by atoms with Crippen LogP contribution in [0.25, 0.3) is 0 Å². The lowest BCUT2D eigenvalue weighted by Gasteiger charge is -2.43. The number of piperidine rings is 1. The third-order valence-corrected chi connectivity index (χ3v) is 7.37. The number of benzene rings is 1. The molecule has 0 radical (unpaired) electrons. The predicted molar refractivity (Wildman–Crippen MR) is 119 cm³/mol. The summed E-state index contributed by atoms with van der Waals surface area (Å²) < 4.78 is 44.9. The summed E-state index contributed by atoms with van der Waals surface area (Å²) in [5, 5.41) is 10.4. The number of aliphatic carboxylic acids is 1. The van der Waals surface area contributed by atoms with E-state index in [1.165, 1.54) is 12.1 Å². The lowest BCUT2D eigenvalue weighted by Crippen LogP contribution is -2.56. The Bertz CT molecular complexity index is 930. The molecule has 2 N–H and O–H groups in total. The fourth-order valence-corrected chi connectivity index (χ4v) is 5.43. The van der Waals surface area contributed by atoms with Crippen LogP contribution >= 0.6 is 0 Å². The van der Waals surface area contributed by atoms with E-state index < -0.39 is 12.1 Å². The van der Waals surface area contributed by atoms with Gasteiger partial charge in [0.25, 0.3) is 5.91 Å². The van der Waals surface area contributed by atoms with Crippen molar-refractivity contribution in [1.82, 2.24) is 15.1 Å². The maximum Gasteiger partial charge on any atom is 0.490 e. The minimum Gasteiger partial charge on any atom is -0.475 e. The van der Waals surface area contributed by atoms with E-state index in [0.29, 0.717) is 30.6 Å². The van der Waals surface area contributed by atoms with Crippen LogP contribution < -0.4 is 5.32 Å². The molecular weight excluding hydrogens is 470 g/mol. The Morgan fingerprint density at radius 1 is 1.17 bits per heavy atom. The second-order valence-electron chi connectivity index (χ2n) is 9.55. The molecule has 3 aliphatic rings. The van der Waals surface area contributed by atoms with Gasteiger partial charge in [0.2, 0.25) is 5.91 Å². The molecule has 3 heterocycles. The van der Waals surface area contributed by atoms with Crippen molar-refractivity contribution in [3.8, 4) is 0 Å². The van der Waals surface area contributed by atoms with Crippen molar-refractivity contribution in [3.05, 3.63) is 35.6 Å². The first-order chi connectivity index (χ1) is 16.4. The van der Waals surface area contributed by atoms with Crippen molar-refractivity contribution in [2.45, 2.75) is 57.3 Å². The van der Waals surface area contributed by atoms with Gasteiger partial charge < -0.3 is 15.3 Å². The number of amides is 2. The number of alkyl halides is 3. The molecule has 3 aliphatic heterocycles. The van der Waals surface area contributed by atoms with Crippen molar-refractivity contribution < 1.29 is 37.1 Å². The highest BCUT2D eigenvalue weighted by atomic mass is 19.4. The zero-order valence-electron chi connectivity index (χ0n) is 19.8. The predicted octanol–water partition coefficient (Wildman–Crippen LogP) is 3.30. The fraction of sp³-hybridized carbons (Fsp3) is 0.625. The summed E-state index contributed by atoms with van der Waals surface area (Å²) >= 11 is 0. The summed E-state index contributed by atoms with van der Waals surface area (Å²) in [7, 11) is 0. The van der Waals surface area contributed by atoms with Gasteiger partial charge >= 0.3 is 12.1 Å². The third kappa shape index (κ3) is 5.94. The van der Waals surface area contributed by atoms with E-state index in [-0.39, 0.29) is 29.1 Å². The monoisotopic (exact) mass is 501 g/mol. The third-order valence-electron chi connectivity index (χ3n) is 7.37. The standard InChI is InChI=1S/C22H30FN3O2.C2HF3O2/c1-3-4-15(2)26-13-18-19(14-26)22(24-20(18)27)9-11-25(12-10-22)21(28)16-5-7-17(23)8-6-16;3-2(4,5)1(6)7/h5-8,15,18-19H,3-4,9-14H2,1-2H3,(H,24,27);(H,6,7)/t15?,18-,19+;/m1./s1. The molecule has 3 atom stereocenters. The van der Waals surface area contributed by atoms with Gasteiger partial charge in [-0.25, -0.2) is 9.18 Å². The van der Waals surface area contributed by atoms with E-state index in [0.717, 1.165) is 38.8 Å². The SMILES string of the molecule is CCCC(C)N1C[C@H]2C(=O)NC3(CCN(C(=O)c4ccc(F)cc4)CC3)[C@H]2C1.O=C(O)C(F)(F)F. The molecule has 1 aromatic carbocycles. The second kappa shape index (κ2) is 10.5. The molecule has 7 nitrogen and oxygen atoms in total. The average molecular weight is 502 g/mol. The zero-order chi connectivity index (χ0) is 26.0. The summed E-state index contributed by atoms with van der Waals surface area (Å²) in [5.41, 5.74) is 0.341. The Kier molecular flexibility index (Phi) is 8.08. The van der Waals surface area contributed by atoms with Gasteiger partial charge in [-0.1, -0.05) is 13.3 Å². The van der Waals surface area contributed by atoms with E-state index >= 15 is 0 Å². The summed E-state index contributed by atoms with van der Waals surface area (Å²) in [6.07, 6.45) is -1.18. The Morgan fingerprint density at radius 3 is 2.26 bits per heavy atom. The normalized spacial score (nSPS) is 24.4. The highest BCUT2D eigenvalue weighted by Gasteiger charge is 2.57. The number of carboxylic acids is 1. The smallest absolute Gasteiger partial charge is 0.475 e. The van der Waals surface area contributed by atoms with Crippen LogP contribution in [0.1, 0.15) is 49.9 Å². The van der Waals surface area contributed by atoms with Crippen molar-refractivity contribution >= 4 is 17.8 Å². The number of hydrogen-bond donors (Lipinski definition) is 2. The summed E-state index contributed by atoms with van der Waals surface area (Å²) in [5.74, 6) is -2.54. The number of likely N-dealkylation sites (tertiary alicyclic amines) is 2. The fourth-order valence-electron chi connectivity index (χ4n) is 5.43. The highest BCUT2D eigenvalue weighted by molar-refractivity contribution is 5.94. The van der Waals surface area contributed by atoms with Gasteiger partial charge in [0.1, 0.15) is 5.82 Å². The Hall–Kier alpha value is -2.69. The molecule has 194 valence electrons. The van der Waals surface area contributed by atoms with Crippen molar-refractivity contribution in [1.29, 1.82) is 0 Å². The molecular formula is C24H31F4N3O4. The van der Waals surface area contributed by atoms with Crippen LogP contribution in [-0.4, -0.2) is 76.6 Å². The first-order valence-electron chi connectivity index (χ1n) is 11.8. The molecule has 3 fully saturated rings. The Labute approximate surface area is 201 Å². The van der Waals surface area contributed by atoms with E-state index in [2.05, 4.69) is 24.1 Å². The number of fused-ring (bicyclic) bond motifs is 2. The van der Waals surface area contributed by atoms with Gasteiger partial charge in [0.15, 0.2) is 0 Å². The Balaban J connectivity index is 0.000000429. The number of halogens is 4. The second-order valence-corrected chi connectivity index (χ2v) is 9.55. The van der Waals surface area contributed by atoms with Crippen LogP contribution in [0.2, 0.25) is 0 Å². The minimum atomic E-state index is -5.08. The van der Waals surface area contributed by atoms with E-state index in [9.17, 15) is 27.2 Å². The van der Waals surface area contributed by atoms with Crippen LogP contribution in [0, 0.1) is 17.7 Å². The summed E-state index contributed by atoms with van der Waals surface area (Å²) in [6.45, 7) is 7.55. The quantitative estimate of drug-likeness (QED) is 0.618. The number of carbonyl (C=O) groups excluding carboxylic acids is 2. The largest absolute Gasteiger partial charge is 0.490 e. The van der Waals surface area contributed by atoms with E-state index in [4.69, 9.17) is 9.90 Å². The molecule has 3 saturated heterocycles. The highest BCUT2D eigenvalue weighted by Crippen LogP contribution is 2.44. The van der Waals surface area contributed by atoms with Crippen molar-refractivity contribution in [2.24, 2.45) is 11.8 Å². The molecule has 0 bridgehead atoms. The Morgan fingerprint density at radius 2 is 1.74 bits per heavy atom. The van der Waals surface area contributed by atoms with Gasteiger partial charge in [0.05, 0.1) is 5.92 Å². The van der Waals surface area contributed by atoms with Gasteiger partial charge in [-0.2, -0.15) is 13.2 Å². The number of nitrogens with zero attached hydrogens (tertiary/aromatic N) is 2. The molecule has 1 aromatic rings. The summed E-state index contributed by atoms with van der Waals surface area (Å²) in [6, 6.07) is 6.25. The summed E-state index contributed by atoms with van der Waals surface area (Å²) in [4.78, 5) is 38.6. The first kappa shape index (κ1) is 26.9. The van der Waals surface area contributed by atoms with E-state index in [1.807, 2.05) is 4.90 Å². The van der Waals surface area contributed by atoms with Crippen LogP contribution in [0.4, 0.5) is 17.6 Å². The van der Waals surface area contributed by atoms with Gasteiger partial charge in [-0.3, -0.25) is 14.5 Å². The maximum absolute atomic E-state index is 13.1. The van der Waals surface area contributed by atoms with E-state index in [1.54, 1.807) is 12.1 Å². The number of nitrogens with one attached hydrogen (secondary N) is 1. The lowest BCUT2D eigenvalue weighted by molar-refractivity contribution is -0.192. The number of carbonyl (C=O) groups is 3. The number of hydrogen-bond acceptors (Lipinski definition) is 4. The molecule has 0 saturated carbocycles. The van der Waals surface area contributed by atoms with Crippen LogP contribution in [0.15, 0.2) is 24.3 Å². The molecule has 4 rings (SSSR count). The zero-order valence-corrected chi connectivity index (χ0v) is 19.8. The van der Waals surface area contributed by atoms with Gasteiger partial charge in [0, 0.05) is 49.2 Å². The minimum absolute atomic E-state index is 0.0552. The molecule has 1 spiro atoms. The van der Waals surface area contributed by atoms with Gasteiger partial charge in [-0.05, 0) is 50.5 Å². The molecule has 0 aliphatic carbocycles. The molecule has 0 aromatic heterocycles. The van der Waals surface area contributed by atoms with Crippen molar-refractivity contribution in [3.63, 3.8) is 0 Å². The molecule has 1 unspecified atom stereocenters. The molecule has 11 heteroatoms. The maximum atomic E-state index is 13.1. The topological polar surface area (TPSA) is 90.0 Å². The molecule has 35 heavy (non-hydrogen) atoms. The van der Waals surface area contributed by atoms with Crippen LogP contribution in [0.5, 0.6) is 0 Å². The van der Waals surface area contributed by atoms with Crippen LogP contribution in [0.3, 0.4) is 0 Å². The van der Waals surface area contributed by atoms with Crippen molar-refractivity contribution in [2.75, 3.05) is 26.2 Å². The number of rotatable bonds is 4. The van der Waals surface area contributed by atoms with Crippen LogP contribution in [-0.2, 0) is 9.59 Å². The average Bonchev–Trinajstić information content (AvgIpc) is 3.35. The lowest BCUT2D eigenvalue weighted by atomic mass is 9.75. The number of carboxylic acid groups (broad SMARTS) is 1. The first-order valence-corrected chi connectivity index (χ1v) is 11.8. The van der Waals surface area contributed by atoms with Gasteiger partial charge in [-0.15, -0.1) is 0 Å².